The largest absolute Gasteiger partial charge is 0.332 e. The van der Waals surface area contributed by atoms with E-state index in [2.05, 4.69) is 25.5 Å². The van der Waals surface area contributed by atoms with Crippen molar-refractivity contribution >= 4 is 35.0 Å². The molecule has 3 rings (SSSR count). The molecule has 1 amide bonds. The second-order valence-corrected chi connectivity index (χ2v) is 6.01. The number of hydrogen-bond donors (Lipinski definition) is 3. The summed E-state index contributed by atoms with van der Waals surface area (Å²) < 4.78 is 2.00. The molecule has 0 atom stereocenters. The number of amides is 1. The molecule has 0 saturated heterocycles. The molecule has 9 heteroatoms. The first-order chi connectivity index (χ1) is 12.1. The molecule has 0 fully saturated rings. The molecule has 2 aromatic heterocycles. The molecule has 3 N–H and O–H groups in total. The third-order valence-electron chi connectivity index (χ3n) is 3.85. The Balaban J connectivity index is 1.51. The molecule has 0 unspecified atom stereocenters. The van der Waals surface area contributed by atoms with E-state index in [1.165, 1.54) is 6.33 Å². The lowest BCUT2D eigenvalue weighted by Crippen LogP contribution is -2.22. The van der Waals surface area contributed by atoms with Gasteiger partial charge in [0.1, 0.15) is 6.33 Å². The van der Waals surface area contributed by atoms with Crippen LogP contribution in [0.1, 0.15) is 25.7 Å². The number of benzene rings is 1. The first kappa shape index (κ1) is 17.0. The van der Waals surface area contributed by atoms with E-state index in [0.29, 0.717) is 29.1 Å². The van der Waals surface area contributed by atoms with Gasteiger partial charge in [0.2, 0.25) is 11.9 Å². The lowest BCUT2D eigenvalue weighted by atomic mass is 10.2. The SMILES string of the molecule is O=C(CCCCCn1c(=S)[nH]c2ccccc2c1=O)Nc1ncn[nH]1. The summed E-state index contributed by atoms with van der Waals surface area (Å²) in [7, 11) is 0. The Hall–Kier alpha value is -2.81. The summed E-state index contributed by atoms with van der Waals surface area (Å²) in [6, 6.07) is 7.32. The number of carbonyl (C=O) groups excluding carboxylic acids is 1. The van der Waals surface area contributed by atoms with Crippen LogP contribution in [0.15, 0.2) is 35.4 Å². The number of unbranched alkanes of at least 4 members (excludes halogenated alkanes) is 2. The minimum Gasteiger partial charge on any atom is -0.332 e. The number of anilines is 1. The van der Waals surface area contributed by atoms with Gasteiger partial charge in [-0.05, 0) is 37.2 Å². The zero-order valence-electron chi connectivity index (χ0n) is 13.5. The summed E-state index contributed by atoms with van der Waals surface area (Å²) >= 11 is 5.28. The standard InChI is InChI=1S/C16H18N6O2S/c23-13(20-15-17-10-18-21-15)8-2-1-5-9-22-14(24)11-6-3-4-7-12(11)19-16(22)25/h3-4,6-7,10H,1-2,5,8-9H2,(H,19,25)(H2,17,18,20,21,23). The monoisotopic (exact) mass is 358 g/mol. The normalized spacial score (nSPS) is 10.9. The Morgan fingerprint density at radius 1 is 1.24 bits per heavy atom. The van der Waals surface area contributed by atoms with Gasteiger partial charge in [-0.1, -0.05) is 18.6 Å². The van der Waals surface area contributed by atoms with E-state index in [1.54, 1.807) is 10.6 Å². The molecule has 1 aromatic carbocycles. The molecule has 0 spiro atoms. The Bertz CT molecular complexity index is 976. The second kappa shape index (κ2) is 7.84. The molecule has 0 aliphatic carbocycles. The van der Waals surface area contributed by atoms with Crippen LogP contribution >= 0.6 is 12.2 Å². The van der Waals surface area contributed by atoms with E-state index in [0.717, 1.165) is 24.8 Å². The van der Waals surface area contributed by atoms with Gasteiger partial charge in [-0.25, -0.2) is 5.10 Å². The van der Waals surface area contributed by atoms with E-state index >= 15 is 0 Å². The van der Waals surface area contributed by atoms with Gasteiger partial charge in [0.05, 0.1) is 10.9 Å². The predicted molar refractivity (Wildman–Crippen MR) is 96.9 cm³/mol. The molecule has 0 aliphatic rings. The Kier molecular flexibility index (Phi) is 5.34. The number of fused-ring (bicyclic) bond motifs is 1. The van der Waals surface area contributed by atoms with Gasteiger partial charge in [0, 0.05) is 13.0 Å². The van der Waals surface area contributed by atoms with Crippen molar-refractivity contribution in [2.45, 2.75) is 32.2 Å². The highest BCUT2D eigenvalue weighted by Crippen LogP contribution is 2.08. The zero-order chi connectivity index (χ0) is 17.6. The minimum atomic E-state index is -0.114. The molecular weight excluding hydrogens is 340 g/mol. The zero-order valence-corrected chi connectivity index (χ0v) is 14.3. The van der Waals surface area contributed by atoms with Crippen molar-refractivity contribution in [3.63, 3.8) is 0 Å². The second-order valence-electron chi connectivity index (χ2n) is 5.63. The highest BCUT2D eigenvalue weighted by molar-refractivity contribution is 7.71. The van der Waals surface area contributed by atoms with Crippen molar-refractivity contribution in [1.29, 1.82) is 0 Å². The third-order valence-corrected chi connectivity index (χ3v) is 4.17. The number of carbonyl (C=O) groups is 1. The molecule has 8 nitrogen and oxygen atoms in total. The van der Waals surface area contributed by atoms with Crippen molar-refractivity contribution in [2.75, 3.05) is 5.32 Å². The van der Waals surface area contributed by atoms with E-state index < -0.39 is 0 Å². The summed E-state index contributed by atoms with van der Waals surface area (Å²) in [5, 5.41) is 9.48. The number of para-hydroxylation sites is 1. The number of nitrogens with one attached hydrogen (secondary N) is 3. The van der Waals surface area contributed by atoms with Crippen LogP contribution in [0.5, 0.6) is 0 Å². The van der Waals surface area contributed by atoms with E-state index in [-0.39, 0.29) is 11.5 Å². The predicted octanol–water partition coefficient (Wildman–Crippen LogP) is 2.38. The third kappa shape index (κ3) is 4.18. The molecule has 0 bridgehead atoms. The topological polar surface area (TPSA) is 108 Å². The molecule has 3 aromatic rings. The van der Waals surface area contributed by atoms with Crippen LogP contribution in [0.3, 0.4) is 0 Å². The van der Waals surface area contributed by atoms with E-state index in [4.69, 9.17) is 12.2 Å². The van der Waals surface area contributed by atoms with Crippen LogP contribution in [-0.4, -0.2) is 30.6 Å². The maximum atomic E-state index is 12.5. The average molecular weight is 358 g/mol. The van der Waals surface area contributed by atoms with Crippen LogP contribution in [0.25, 0.3) is 10.9 Å². The smallest absolute Gasteiger partial charge is 0.262 e. The van der Waals surface area contributed by atoms with Crippen molar-refractivity contribution in [1.82, 2.24) is 24.7 Å². The number of H-pyrrole nitrogens is 2. The van der Waals surface area contributed by atoms with Crippen LogP contribution in [0.2, 0.25) is 0 Å². The first-order valence-corrected chi connectivity index (χ1v) is 8.43. The molecule has 25 heavy (non-hydrogen) atoms. The number of hydrogen-bond acceptors (Lipinski definition) is 5. The fourth-order valence-corrected chi connectivity index (χ4v) is 2.88. The Morgan fingerprint density at radius 2 is 2.08 bits per heavy atom. The number of rotatable bonds is 7. The van der Waals surface area contributed by atoms with Gasteiger partial charge in [-0.2, -0.15) is 10.1 Å². The molecule has 0 radical (unpaired) electrons. The summed E-state index contributed by atoms with van der Waals surface area (Å²) in [5.74, 6) is 0.232. The average Bonchev–Trinajstić information content (AvgIpc) is 3.10. The number of aromatic amines is 2. The van der Waals surface area contributed by atoms with Crippen molar-refractivity contribution < 1.29 is 4.79 Å². The molecule has 130 valence electrons. The summed E-state index contributed by atoms with van der Waals surface area (Å²) in [4.78, 5) is 31.1. The minimum absolute atomic E-state index is 0.0811. The van der Waals surface area contributed by atoms with Gasteiger partial charge in [-0.3, -0.25) is 19.5 Å². The number of nitrogens with zero attached hydrogens (tertiary/aromatic N) is 3. The van der Waals surface area contributed by atoms with E-state index in [1.807, 2.05) is 18.2 Å². The Morgan fingerprint density at radius 3 is 2.88 bits per heavy atom. The molecule has 0 aliphatic heterocycles. The fraction of sp³-hybridized carbons (Fsp3) is 0.312. The van der Waals surface area contributed by atoms with Crippen LogP contribution in [-0.2, 0) is 11.3 Å². The van der Waals surface area contributed by atoms with Gasteiger partial charge in [0.25, 0.3) is 5.56 Å². The lowest BCUT2D eigenvalue weighted by molar-refractivity contribution is -0.116. The molecule has 0 saturated carbocycles. The van der Waals surface area contributed by atoms with Crippen LogP contribution in [0.4, 0.5) is 5.95 Å². The molecular formula is C16H18N6O2S. The van der Waals surface area contributed by atoms with Crippen LogP contribution in [0, 0.1) is 4.77 Å². The van der Waals surface area contributed by atoms with Gasteiger partial charge in [-0.15, -0.1) is 0 Å². The van der Waals surface area contributed by atoms with Gasteiger partial charge >= 0.3 is 0 Å². The highest BCUT2D eigenvalue weighted by atomic mass is 32.1. The lowest BCUT2D eigenvalue weighted by Gasteiger charge is -2.08. The van der Waals surface area contributed by atoms with Crippen molar-refractivity contribution in [3.05, 3.63) is 45.7 Å². The summed E-state index contributed by atoms with van der Waals surface area (Å²) in [5.41, 5.74) is 0.667. The van der Waals surface area contributed by atoms with Crippen molar-refractivity contribution in [2.24, 2.45) is 0 Å². The summed E-state index contributed by atoms with van der Waals surface area (Å²) in [6.07, 6.45) is 4.03. The van der Waals surface area contributed by atoms with Gasteiger partial charge in [0.15, 0.2) is 4.77 Å². The summed E-state index contributed by atoms with van der Waals surface area (Å²) in [6.45, 7) is 0.530. The maximum Gasteiger partial charge on any atom is 0.262 e. The maximum absolute atomic E-state index is 12.5. The Labute approximate surface area is 148 Å². The first-order valence-electron chi connectivity index (χ1n) is 8.02. The fourth-order valence-electron chi connectivity index (χ4n) is 2.59. The van der Waals surface area contributed by atoms with Crippen molar-refractivity contribution in [3.8, 4) is 0 Å². The van der Waals surface area contributed by atoms with E-state index in [9.17, 15) is 9.59 Å². The number of aromatic nitrogens is 5. The highest BCUT2D eigenvalue weighted by Gasteiger charge is 2.06. The quantitative estimate of drug-likeness (QED) is 0.444. The molecule has 2 heterocycles. The van der Waals surface area contributed by atoms with Gasteiger partial charge < -0.3 is 4.98 Å². The van der Waals surface area contributed by atoms with Crippen LogP contribution < -0.4 is 10.9 Å².